The number of carbonyl (C=O) groups is 1. The molecular weight excluding hydrogens is 270 g/mol. The Morgan fingerprint density at radius 3 is 2.80 bits per heavy atom. The van der Waals surface area contributed by atoms with E-state index in [1.807, 2.05) is 28.8 Å². The average molecular weight is 293 g/mol. The van der Waals surface area contributed by atoms with Crippen LogP contribution in [0.25, 0.3) is 0 Å². The summed E-state index contributed by atoms with van der Waals surface area (Å²) in [6, 6.07) is 3.69. The summed E-state index contributed by atoms with van der Waals surface area (Å²) in [5.74, 6) is 0.800. The quantitative estimate of drug-likeness (QED) is 0.927. The van der Waals surface area contributed by atoms with E-state index >= 15 is 0 Å². The fourth-order valence-corrected chi connectivity index (χ4v) is 3.80. The van der Waals surface area contributed by atoms with Crippen LogP contribution in [0.15, 0.2) is 18.3 Å². The molecule has 0 radical (unpaired) electrons. The Morgan fingerprint density at radius 2 is 2.15 bits per heavy atom. The van der Waals surface area contributed by atoms with E-state index < -0.39 is 0 Å². The van der Waals surface area contributed by atoms with Gasteiger partial charge in [-0.3, -0.25) is 4.79 Å². The maximum Gasteiger partial charge on any atom is 0.257 e. The van der Waals surface area contributed by atoms with Crippen molar-refractivity contribution >= 4 is 23.5 Å². The highest BCUT2D eigenvalue weighted by molar-refractivity contribution is 8.00. The minimum Gasteiger partial charge on any atom is -0.369 e. The van der Waals surface area contributed by atoms with Gasteiger partial charge in [-0.05, 0) is 18.6 Å². The normalized spacial score (nSPS) is 22.6. The Hall–Kier alpha value is -1.23. The monoisotopic (exact) mass is 293 g/mol. The van der Waals surface area contributed by atoms with E-state index in [0.717, 1.165) is 26.1 Å². The van der Waals surface area contributed by atoms with Crippen LogP contribution in [0.3, 0.4) is 0 Å². The number of rotatable bonds is 4. The number of thioether (sulfide) groups is 1. The minimum atomic E-state index is 0.0932. The Morgan fingerprint density at radius 1 is 1.45 bits per heavy atom. The van der Waals surface area contributed by atoms with E-state index in [1.165, 1.54) is 0 Å². The number of hydrogen-bond acceptors (Lipinski definition) is 4. The number of nitrogens with one attached hydrogen (secondary N) is 1. The molecule has 1 aromatic rings. The van der Waals surface area contributed by atoms with Gasteiger partial charge >= 0.3 is 0 Å². The van der Waals surface area contributed by atoms with Crippen molar-refractivity contribution in [2.24, 2.45) is 0 Å². The summed E-state index contributed by atoms with van der Waals surface area (Å²) < 4.78 is 0. The molecule has 2 unspecified atom stereocenters. The number of hydrogen-bond donors (Lipinski definition) is 1. The third-order valence-electron chi connectivity index (χ3n) is 3.29. The first kappa shape index (κ1) is 15.2. The maximum atomic E-state index is 12.7. The largest absolute Gasteiger partial charge is 0.369 e. The zero-order chi connectivity index (χ0) is 14.5. The molecule has 1 N–H and O–H groups in total. The molecule has 1 saturated heterocycles. The van der Waals surface area contributed by atoms with Crippen LogP contribution in [0.2, 0.25) is 0 Å². The van der Waals surface area contributed by atoms with Crippen LogP contribution in [0, 0.1) is 0 Å². The van der Waals surface area contributed by atoms with Crippen molar-refractivity contribution in [1.82, 2.24) is 9.88 Å². The molecule has 0 aliphatic carbocycles. The number of pyridine rings is 1. The number of anilines is 1. The lowest BCUT2D eigenvalue weighted by atomic mass is 10.2. The summed E-state index contributed by atoms with van der Waals surface area (Å²) >= 11 is 1.95. The first-order chi connectivity index (χ1) is 9.61. The van der Waals surface area contributed by atoms with E-state index in [-0.39, 0.29) is 5.91 Å². The van der Waals surface area contributed by atoms with Gasteiger partial charge in [0.25, 0.3) is 5.91 Å². The van der Waals surface area contributed by atoms with Crippen molar-refractivity contribution in [1.29, 1.82) is 0 Å². The van der Waals surface area contributed by atoms with Crippen LogP contribution in [-0.4, -0.2) is 45.9 Å². The van der Waals surface area contributed by atoms with Crippen molar-refractivity contribution < 1.29 is 4.79 Å². The van der Waals surface area contributed by atoms with Crippen LogP contribution in [-0.2, 0) is 0 Å². The highest BCUT2D eigenvalue weighted by atomic mass is 32.2. The van der Waals surface area contributed by atoms with Crippen LogP contribution < -0.4 is 5.32 Å². The predicted octanol–water partition coefficient (Wildman–Crippen LogP) is 2.87. The van der Waals surface area contributed by atoms with E-state index in [0.29, 0.717) is 21.9 Å². The average Bonchev–Trinajstić information content (AvgIpc) is 2.43. The van der Waals surface area contributed by atoms with Gasteiger partial charge < -0.3 is 10.2 Å². The fraction of sp³-hybridized carbons (Fsp3) is 0.600. The second-order valence-electron chi connectivity index (χ2n) is 5.29. The summed E-state index contributed by atoms with van der Waals surface area (Å²) in [6.07, 6.45) is 2.74. The number of amides is 1. The summed E-state index contributed by atoms with van der Waals surface area (Å²) in [5.41, 5.74) is 0.687. The van der Waals surface area contributed by atoms with Gasteiger partial charge in [-0.15, -0.1) is 0 Å². The Labute approximate surface area is 125 Å². The van der Waals surface area contributed by atoms with Gasteiger partial charge in [0, 0.05) is 36.3 Å². The Kier molecular flexibility index (Phi) is 5.29. The third-order valence-corrected chi connectivity index (χ3v) is 4.51. The topological polar surface area (TPSA) is 45.2 Å². The molecule has 2 heterocycles. The summed E-state index contributed by atoms with van der Waals surface area (Å²) in [6.45, 7) is 8.93. The van der Waals surface area contributed by atoms with Gasteiger partial charge in [0.05, 0.1) is 5.56 Å². The summed E-state index contributed by atoms with van der Waals surface area (Å²) in [4.78, 5) is 19.0. The van der Waals surface area contributed by atoms with Gasteiger partial charge in [0.15, 0.2) is 0 Å². The molecule has 2 atom stereocenters. The van der Waals surface area contributed by atoms with E-state index in [4.69, 9.17) is 0 Å². The smallest absolute Gasteiger partial charge is 0.257 e. The Bertz CT molecular complexity index is 456. The molecule has 1 aromatic heterocycles. The van der Waals surface area contributed by atoms with E-state index in [1.54, 1.807) is 6.20 Å². The molecule has 0 saturated carbocycles. The van der Waals surface area contributed by atoms with Crippen LogP contribution in [0.5, 0.6) is 0 Å². The van der Waals surface area contributed by atoms with Crippen molar-refractivity contribution in [3.63, 3.8) is 0 Å². The Balaban J connectivity index is 2.15. The molecule has 0 spiro atoms. The van der Waals surface area contributed by atoms with Crippen molar-refractivity contribution in [3.8, 4) is 0 Å². The van der Waals surface area contributed by atoms with Crippen molar-refractivity contribution in [3.05, 3.63) is 23.9 Å². The molecule has 1 amide bonds. The first-order valence-electron chi connectivity index (χ1n) is 7.25. The summed E-state index contributed by atoms with van der Waals surface area (Å²) in [7, 11) is 0. The van der Waals surface area contributed by atoms with Crippen LogP contribution in [0.1, 0.15) is 37.6 Å². The third kappa shape index (κ3) is 3.66. The number of nitrogens with zero attached hydrogens (tertiary/aromatic N) is 2. The lowest BCUT2D eigenvalue weighted by molar-refractivity contribution is 0.0754. The van der Waals surface area contributed by atoms with E-state index in [9.17, 15) is 4.79 Å². The van der Waals surface area contributed by atoms with Gasteiger partial charge in [-0.25, -0.2) is 4.98 Å². The zero-order valence-electron chi connectivity index (χ0n) is 12.4. The molecule has 4 nitrogen and oxygen atoms in total. The van der Waals surface area contributed by atoms with Crippen molar-refractivity contribution in [2.45, 2.75) is 37.7 Å². The van der Waals surface area contributed by atoms with E-state index in [2.05, 4.69) is 31.1 Å². The lowest BCUT2D eigenvalue weighted by Crippen LogP contribution is -2.44. The number of aromatic nitrogens is 1. The minimum absolute atomic E-state index is 0.0932. The van der Waals surface area contributed by atoms with Crippen molar-refractivity contribution in [2.75, 3.05) is 25.0 Å². The molecule has 5 heteroatoms. The second-order valence-corrected chi connectivity index (χ2v) is 7.18. The molecular formula is C15H23N3OS. The molecule has 1 aliphatic heterocycles. The second kappa shape index (κ2) is 6.97. The molecule has 0 aromatic carbocycles. The van der Waals surface area contributed by atoms with Crippen LogP contribution in [0.4, 0.5) is 5.82 Å². The molecule has 1 aliphatic rings. The lowest BCUT2D eigenvalue weighted by Gasteiger charge is -2.34. The van der Waals surface area contributed by atoms with Gasteiger partial charge in [-0.1, -0.05) is 20.8 Å². The molecule has 0 bridgehead atoms. The maximum absolute atomic E-state index is 12.7. The van der Waals surface area contributed by atoms with Gasteiger partial charge in [0.2, 0.25) is 0 Å². The van der Waals surface area contributed by atoms with Gasteiger partial charge in [0.1, 0.15) is 5.82 Å². The molecule has 1 fully saturated rings. The highest BCUT2D eigenvalue weighted by Crippen LogP contribution is 2.26. The molecule has 110 valence electrons. The zero-order valence-corrected chi connectivity index (χ0v) is 13.2. The standard InChI is InChI=1S/C15H23N3OS/c1-4-7-16-14-13(6-5-8-17-14)15(19)18-9-11(2)20-12(3)10-18/h5-6,8,11-12H,4,7,9-10H2,1-3H3,(H,16,17). The molecule has 2 rings (SSSR count). The number of carbonyl (C=O) groups excluding carboxylic acids is 1. The molecule has 20 heavy (non-hydrogen) atoms. The SMILES string of the molecule is CCCNc1ncccc1C(=O)N1CC(C)SC(C)C1. The summed E-state index contributed by atoms with van der Waals surface area (Å²) in [5, 5.41) is 4.23. The van der Waals surface area contributed by atoms with Gasteiger partial charge in [-0.2, -0.15) is 11.8 Å². The van der Waals surface area contributed by atoms with Crippen LogP contribution >= 0.6 is 11.8 Å². The predicted molar refractivity (Wildman–Crippen MR) is 85.4 cm³/mol. The first-order valence-corrected chi connectivity index (χ1v) is 8.19. The highest BCUT2D eigenvalue weighted by Gasteiger charge is 2.27. The fourth-order valence-electron chi connectivity index (χ4n) is 2.48.